The van der Waals surface area contributed by atoms with Gasteiger partial charge < -0.3 is 24.0 Å². The smallest absolute Gasteiger partial charge is 0.279 e. The van der Waals surface area contributed by atoms with Crippen LogP contribution in [0.15, 0.2) is 33.1 Å². The van der Waals surface area contributed by atoms with Crippen LogP contribution in [-0.2, 0) is 11.3 Å². The van der Waals surface area contributed by atoms with Crippen LogP contribution >= 0.6 is 0 Å². The lowest BCUT2D eigenvalue weighted by Gasteiger charge is -2.28. The maximum absolute atomic E-state index is 12.5. The van der Waals surface area contributed by atoms with E-state index in [0.29, 0.717) is 24.9 Å². The van der Waals surface area contributed by atoms with Gasteiger partial charge in [-0.05, 0) is 51.0 Å². The van der Waals surface area contributed by atoms with Gasteiger partial charge >= 0.3 is 0 Å². The number of rotatable bonds is 6. The van der Waals surface area contributed by atoms with E-state index < -0.39 is 0 Å². The Morgan fingerprint density at radius 3 is 2.48 bits per heavy atom. The molecular weight excluding hydrogens is 394 g/mol. The number of nitrogens with zero attached hydrogens (tertiary/aromatic N) is 2. The van der Waals surface area contributed by atoms with Gasteiger partial charge in [0.25, 0.3) is 17.7 Å². The Bertz CT molecular complexity index is 1060. The number of amides is 1. The minimum absolute atomic E-state index is 0.0690. The third kappa shape index (κ3) is 5.03. The van der Waals surface area contributed by atoms with Crippen molar-refractivity contribution in [2.75, 3.05) is 38.0 Å². The second-order valence-corrected chi connectivity index (χ2v) is 8.48. The van der Waals surface area contributed by atoms with E-state index in [4.69, 9.17) is 8.83 Å². The first-order chi connectivity index (χ1) is 14.9. The molecule has 1 saturated heterocycles. The lowest BCUT2D eigenvalue weighted by molar-refractivity contribution is -1.02. The summed E-state index contributed by atoms with van der Waals surface area (Å²) in [7, 11) is 0. The maximum Gasteiger partial charge on any atom is 0.279 e. The number of hydrogen-bond acceptors (Lipinski definition) is 5. The van der Waals surface area contributed by atoms with Crippen LogP contribution in [0.2, 0.25) is 0 Å². The summed E-state index contributed by atoms with van der Waals surface area (Å²) in [5.74, 6) is 2.84. The fourth-order valence-corrected chi connectivity index (χ4v) is 4.11. The van der Waals surface area contributed by atoms with Crippen molar-refractivity contribution in [1.29, 1.82) is 0 Å². The average Bonchev–Trinajstić information content (AvgIpc) is 3.32. The van der Waals surface area contributed by atoms with Gasteiger partial charge in [-0.15, -0.1) is 10.2 Å². The summed E-state index contributed by atoms with van der Waals surface area (Å²) in [6.07, 6.45) is 0. The Morgan fingerprint density at radius 1 is 1.03 bits per heavy atom. The average molecular weight is 426 g/mol. The standard InChI is InChI=1S/C23H29N5O3/c1-15-6-5-7-20(17(15)3)24-21(29)13-27-8-10-28(11-9-27)14-22-25-26-23(31-22)19-12-16(2)30-18(19)4/h5-7,12H,8-11,13-14H2,1-4H3,(H,24,29)/p+2. The van der Waals surface area contributed by atoms with Crippen molar-refractivity contribution >= 4 is 11.6 Å². The quantitative estimate of drug-likeness (QED) is 0.535. The van der Waals surface area contributed by atoms with Gasteiger partial charge in [-0.1, -0.05) is 12.1 Å². The van der Waals surface area contributed by atoms with Crippen LogP contribution in [-0.4, -0.2) is 48.8 Å². The number of carbonyl (C=O) groups excluding carboxylic acids is 1. The summed E-state index contributed by atoms with van der Waals surface area (Å²) < 4.78 is 11.4. The van der Waals surface area contributed by atoms with E-state index in [1.54, 1.807) is 0 Å². The van der Waals surface area contributed by atoms with E-state index in [-0.39, 0.29) is 5.91 Å². The van der Waals surface area contributed by atoms with Gasteiger partial charge in [0.05, 0.1) is 5.56 Å². The molecule has 0 unspecified atom stereocenters. The van der Waals surface area contributed by atoms with Crippen LogP contribution in [0, 0.1) is 27.7 Å². The molecule has 1 fully saturated rings. The van der Waals surface area contributed by atoms with Gasteiger partial charge in [0.2, 0.25) is 0 Å². The molecule has 0 saturated carbocycles. The van der Waals surface area contributed by atoms with Crippen molar-refractivity contribution in [2.45, 2.75) is 34.2 Å². The van der Waals surface area contributed by atoms with Crippen LogP contribution in [0.25, 0.3) is 11.5 Å². The molecule has 8 heteroatoms. The summed E-state index contributed by atoms with van der Waals surface area (Å²) >= 11 is 0. The maximum atomic E-state index is 12.5. The van der Waals surface area contributed by atoms with Crippen molar-refractivity contribution in [1.82, 2.24) is 10.2 Å². The molecule has 0 aliphatic carbocycles. The summed E-state index contributed by atoms with van der Waals surface area (Å²) in [4.78, 5) is 15.2. The van der Waals surface area contributed by atoms with Crippen molar-refractivity contribution in [3.63, 3.8) is 0 Å². The zero-order chi connectivity index (χ0) is 22.0. The lowest BCUT2D eigenvalue weighted by atomic mass is 10.1. The highest BCUT2D eigenvalue weighted by Gasteiger charge is 2.27. The number of furan rings is 1. The van der Waals surface area contributed by atoms with Crippen LogP contribution in [0.4, 0.5) is 5.69 Å². The Balaban J connectivity index is 1.26. The van der Waals surface area contributed by atoms with Crippen molar-refractivity contribution in [2.24, 2.45) is 0 Å². The molecule has 0 spiro atoms. The van der Waals surface area contributed by atoms with Gasteiger partial charge in [-0.2, -0.15) is 0 Å². The summed E-state index contributed by atoms with van der Waals surface area (Å²) in [6.45, 7) is 12.9. The summed E-state index contributed by atoms with van der Waals surface area (Å²) in [5.41, 5.74) is 4.07. The molecule has 1 aliphatic rings. The Hall–Kier alpha value is -2.97. The Morgan fingerprint density at radius 2 is 1.77 bits per heavy atom. The second-order valence-electron chi connectivity index (χ2n) is 8.48. The van der Waals surface area contributed by atoms with Crippen LogP contribution in [0.3, 0.4) is 0 Å². The molecule has 164 valence electrons. The van der Waals surface area contributed by atoms with Crippen LogP contribution in [0.5, 0.6) is 0 Å². The van der Waals surface area contributed by atoms with E-state index >= 15 is 0 Å². The van der Waals surface area contributed by atoms with E-state index in [2.05, 4.69) is 28.5 Å². The van der Waals surface area contributed by atoms with Gasteiger partial charge in [0.1, 0.15) is 37.7 Å². The van der Waals surface area contributed by atoms with Gasteiger partial charge in [0.15, 0.2) is 13.1 Å². The SMILES string of the molecule is Cc1cc(-c2nnc(C[NH+]3CC[NH+](CC(=O)Nc4cccc(C)c4C)CC3)o2)c(C)o1. The topological polar surface area (TPSA) is 90.0 Å². The highest BCUT2D eigenvalue weighted by molar-refractivity contribution is 5.92. The predicted octanol–water partition coefficient (Wildman–Crippen LogP) is 0.485. The minimum atomic E-state index is 0.0690. The van der Waals surface area contributed by atoms with Gasteiger partial charge in [0, 0.05) is 5.69 Å². The number of quaternary nitrogens is 2. The fourth-order valence-electron chi connectivity index (χ4n) is 4.11. The zero-order valence-corrected chi connectivity index (χ0v) is 18.7. The molecule has 1 aliphatic heterocycles. The molecule has 1 amide bonds. The third-order valence-corrected chi connectivity index (χ3v) is 6.09. The highest BCUT2D eigenvalue weighted by atomic mass is 16.4. The molecular formula is C23H31N5O3+2. The first-order valence-electron chi connectivity index (χ1n) is 10.8. The Labute approximate surface area is 182 Å². The summed E-state index contributed by atoms with van der Waals surface area (Å²) in [5, 5.41) is 11.5. The molecule has 0 atom stereocenters. The van der Waals surface area contributed by atoms with Crippen molar-refractivity contribution in [3.05, 3.63) is 52.8 Å². The van der Waals surface area contributed by atoms with Crippen LogP contribution < -0.4 is 15.1 Å². The molecule has 2 aromatic heterocycles. The van der Waals surface area contributed by atoms with E-state index in [0.717, 1.165) is 54.5 Å². The van der Waals surface area contributed by atoms with Crippen LogP contribution in [0.1, 0.15) is 28.5 Å². The van der Waals surface area contributed by atoms with Crippen molar-refractivity contribution < 1.29 is 23.4 Å². The zero-order valence-electron chi connectivity index (χ0n) is 18.7. The molecule has 3 N–H and O–H groups in total. The van der Waals surface area contributed by atoms with E-state index in [9.17, 15) is 4.79 Å². The molecule has 8 nitrogen and oxygen atoms in total. The minimum Gasteiger partial charge on any atom is -0.466 e. The van der Waals surface area contributed by atoms with Gasteiger partial charge in [-0.3, -0.25) is 4.79 Å². The molecule has 31 heavy (non-hydrogen) atoms. The summed E-state index contributed by atoms with van der Waals surface area (Å²) in [6, 6.07) is 7.92. The van der Waals surface area contributed by atoms with Gasteiger partial charge in [-0.25, -0.2) is 0 Å². The van der Waals surface area contributed by atoms with Crippen molar-refractivity contribution in [3.8, 4) is 11.5 Å². The van der Waals surface area contributed by atoms with E-state index in [1.807, 2.05) is 39.0 Å². The normalized spacial score (nSPS) is 18.8. The number of hydrogen-bond donors (Lipinski definition) is 3. The van der Waals surface area contributed by atoms with E-state index in [1.165, 1.54) is 15.4 Å². The predicted molar refractivity (Wildman–Crippen MR) is 116 cm³/mol. The first kappa shape index (κ1) is 21.3. The number of piperazine rings is 1. The fraction of sp³-hybridized carbons (Fsp3) is 0.435. The molecule has 1 aromatic carbocycles. The number of anilines is 1. The number of benzene rings is 1. The number of carbonyl (C=O) groups is 1. The largest absolute Gasteiger partial charge is 0.466 e. The monoisotopic (exact) mass is 425 g/mol. The Kier molecular flexibility index (Phi) is 6.20. The molecule has 4 rings (SSSR count). The number of nitrogens with one attached hydrogen (secondary N) is 3. The third-order valence-electron chi connectivity index (χ3n) is 6.09. The molecule has 3 heterocycles. The number of aryl methyl sites for hydroxylation is 3. The molecule has 0 bridgehead atoms. The second kappa shape index (κ2) is 9.03. The number of aromatic nitrogens is 2. The molecule has 3 aromatic rings. The molecule has 0 radical (unpaired) electrons. The highest BCUT2D eigenvalue weighted by Crippen LogP contribution is 2.25. The lowest BCUT2D eigenvalue weighted by Crippen LogP contribution is -3.28. The first-order valence-corrected chi connectivity index (χ1v) is 10.8.